The van der Waals surface area contributed by atoms with Crippen molar-refractivity contribution in [2.45, 2.75) is 12.8 Å². The van der Waals surface area contributed by atoms with Crippen molar-refractivity contribution in [3.8, 4) is 6.07 Å². The van der Waals surface area contributed by atoms with Crippen LogP contribution in [-0.4, -0.2) is 9.97 Å². The lowest BCUT2D eigenvalue weighted by atomic mass is 10.0. The Morgan fingerprint density at radius 3 is 3.16 bits per heavy atom. The number of allylic oxidation sites excluding steroid dienone is 6. The Hall–Kier alpha value is -3.52. The van der Waals surface area contributed by atoms with Gasteiger partial charge in [-0.05, 0) is 30.5 Å². The van der Waals surface area contributed by atoms with E-state index in [0.717, 1.165) is 35.0 Å². The van der Waals surface area contributed by atoms with E-state index in [1.807, 2.05) is 24.3 Å². The molecule has 0 fully saturated rings. The Kier molecular flexibility index (Phi) is 3.93. The summed E-state index contributed by atoms with van der Waals surface area (Å²) in [5, 5.41) is 10.5. The summed E-state index contributed by atoms with van der Waals surface area (Å²) < 4.78 is 11.3. The van der Waals surface area contributed by atoms with Crippen molar-refractivity contribution >= 4 is 16.6 Å². The average molecular weight is 329 g/mol. The maximum Gasteiger partial charge on any atom is 0.165 e. The number of aromatic nitrogens is 2. The average Bonchev–Trinajstić information content (AvgIpc) is 3.11. The fourth-order valence-corrected chi connectivity index (χ4v) is 2.84. The number of ether oxygens (including phenoxy) is 2. The van der Waals surface area contributed by atoms with E-state index in [1.54, 1.807) is 24.7 Å². The monoisotopic (exact) mass is 329 g/mol. The highest BCUT2D eigenvalue weighted by Gasteiger charge is 2.16. The van der Waals surface area contributed by atoms with E-state index in [0.29, 0.717) is 17.1 Å². The summed E-state index contributed by atoms with van der Waals surface area (Å²) >= 11 is 0. The van der Waals surface area contributed by atoms with Crippen molar-refractivity contribution in [2.75, 3.05) is 0 Å². The summed E-state index contributed by atoms with van der Waals surface area (Å²) in [7, 11) is 0. The molecule has 2 aromatic heterocycles. The third kappa shape index (κ3) is 2.98. The van der Waals surface area contributed by atoms with E-state index >= 15 is 0 Å². The Bertz CT molecular complexity index is 1010. The number of rotatable bonds is 3. The van der Waals surface area contributed by atoms with Crippen molar-refractivity contribution in [2.24, 2.45) is 0 Å². The minimum absolute atomic E-state index is 0.480. The van der Waals surface area contributed by atoms with Crippen molar-refractivity contribution in [1.82, 2.24) is 9.97 Å². The molecular weight excluding hydrogens is 314 g/mol. The normalized spacial score (nSPS) is 17.1. The molecule has 2 aliphatic rings. The summed E-state index contributed by atoms with van der Waals surface area (Å²) in [6, 6.07) is 6.00. The smallest absolute Gasteiger partial charge is 0.165 e. The van der Waals surface area contributed by atoms with Crippen LogP contribution in [0.4, 0.5) is 0 Å². The molecule has 1 aliphatic carbocycles. The predicted octanol–water partition coefficient (Wildman–Crippen LogP) is 4.48. The van der Waals surface area contributed by atoms with Gasteiger partial charge in [0.2, 0.25) is 0 Å². The van der Waals surface area contributed by atoms with E-state index in [2.05, 4.69) is 22.1 Å². The van der Waals surface area contributed by atoms with Gasteiger partial charge in [0.15, 0.2) is 11.5 Å². The Morgan fingerprint density at radius 2 is 2.32 bits per heavy atom. The van der Waals surface area contributed by atoms with Crippen molar-refractivity contribution in [1.29, 1.82) is 5.26 Å². The molecule has 0 amide bonds. The molecule has 5 heteroatoms. The molecule has 122 valence electrons. The molecule has 1 aliphatic heterocycles. The van der Waals surface area contributed by atoms with Crippen LogP contribution in [0.25, 0.3) is 16.6 Å². The van der Waals surface area contributed by atoms with Crippen molar-refractivity contribution in [3.05, 3.63) is 84.0 Å². The van der Waals surface area contributed by atoms with Crippen LogP contribution >= 0.6 is 0 Å². The van der Waals surface area contributed by atoms with E-state index in [9.17, 15) is 5.26 Å². The zero-order valence-corrected chi connectivity index (χ0v) is 13.4. The molecule has 25 heavy (non-hydrogen) atoms. The van der Waals surface area contributed by atoms with Gasteiger partial charge in [-0.1, -0.05) is 18.2 Å². The molecule has 0 unspecified atom stereocenters. The first-order valence-electron chi connectivity index (χ1n) is 7.99. The fourth-order valence-electron chi connectivity index (χ4n) is 2.84. The molecule has 0 saturated heterocycles. The molecular formula is C20H15N3O2. The fraction of sp³-hybridized carbons (Fsp3) is 0.100. The molecule has 0 spiro atoms. The third-order valence-electron chi connectivity index (χ3n) is 4.07. The minimum Gasteiger partial charge on any atom is -0.465 e. The molecule has 5 nitrogen and oxygen atoms in total. The molecule has 0 aromatic carbocycles. The molecule has 0 saturated carbocycles. The van der Waals surface area contributed by atoms with Gasteiger partial charge < -0.3 is 14.5 Å². The van der Waals surface area contributed by atoms with Crippen LogP contribution in [0.5, 0.6) is 0 Å². The Labute approximate surface area is 144 Å². The van der Waals surface area contributed by atoms with Gasteiger partial charge in [0.05, 0.1) is 11.6 Å². The summed E-state index contributed by atoms with van der Waals surface area (Å²) in [4.78, 5) is 7.33. The number of aromatic amines is 1. The predicted molar refractivity (Wildman–Crippen MR) is 94.5 cm³/mol. The summed E-state index contributed by atoms with van der Waals surface area (Å²) in [6.45, 7) is 0. The van der Waals surface area contributed by atoms with Gasteiger partial charge in [-0.25, -0.2) is 4.98 Å². The van der Waals surface area contributed by atoms with E-state index in [1.165, 1.54) is 6.26 Å². The van der Waals surface area contributed by atoms with Gasteiger partial charge in [-0.15, -0.1) is 0 Å². The largest absolute Gasteiger partial charge is 0.465 e. The van der Waals surface area contributed by atoms with Crippen LogP contribution in [0.15, 0.2) is 78.4 Å². The number of nitrogens with zero attached hydrogens (tertiary/aromatic N) is 2. The molecule has 2 aromatic rings. The van der Waals surface area contributed by atoms with Gasteiger partial charge in [0.1, 0.15) is 18.2 Å². The molecule has 3 heterocycles. The maximum atomic E-state index is 9.59. The van der Waals surface area contributed by atoms with E-state index in [-0.39, 0.29) is 0 Å². The number of hydrogen-bond acceptors (Lipinski definition) is 4. The molecule has 4 rings (SSSR count). The van der Waals surface area contributed by atoms with Gasteiger partial charge in [-0.3, -0.25) is 0 Å². The highest BCUT2D eigenvalue weighted by Crippen LogP contribution is 2.29. The lowest BCUT2D eigenvalue weighted by molar-refractivity contribution is 0.240. The SMILES string of the molecule is N#C/C(=C\C1=COC=C(C2=CC=CCC2)O1)c1c[nH]c2ncccc12. The second-order valence-corrected chi connectivity index (χ2v) is 5.67. The first-order chi connectivity index (χ1) is 12.3. The molecule has 1 N–H and O–H groups in total. The van der Waals surface area contributed by atoms with Crippen LogP contribution in [0.3, 0.4) is 0 Å². The second-order valence-electron chi connectivity index (χ2n) is 5.67. The highest BCUT2D eigenvalue weighted by molar-refractivity contribution is 5.95. The van der Waals surface area contributed by atoms with Crippen molar-refractivity contribution < 1.29 is 9.47 Å². The van der Waals surface area contributed by atoms with Gasteiger partial charge in [0.25, 0.3) is 0 Å². The summed E-state index contributed by atoms with van der Waals surface area (Å²) in [5.74, 6) is 1.17. The zero-order valence-electron chi connectivity index (χ0n) is 13.4. The number of hydrogen-bond donors (Lipinski definition) is 1. The summed E-state index contributed by atoms with van der Waals surface area (Å²) in [5.41, 5.74) is 3.09. The van der Waals surface area contributed by atoms with E-state index < -0.39 is 0 Å². The van der Waals surface area contributed by atoms with Crippen LogP contribution in [0.1, 0.15) is 18.4 Å². The van der Waals surface area contributed by atoms with E-state index in [4.69, 9.17) is 9.47 Å². The quantitative estimate of drug-likeness (QED) is 0.843. The number of nitriles is 1. The molecule has 0 radical (unpaired) electrons. The van der Waals surface area contributed by atoms with Gasteiger partial charge >= 0.3 is 0 Å². The lowest BCUT2D eigenvalue weighted by Gasteiger charge is -2.18. The first kappa shape index (κ1) is 15.0. The lowest BCUT2D eigenvalue weighted by Crippen LogP contribution is -2.03. The Balaban J connectivity index is 1.63. The number of nitrogens with one attached hydrogen (secondary N) is 1. The highest BCUT2D eigenvalue weighted by atomic mass is 16.5. The summed E-state index contributed by atoms with van der Waals surface area (Å²) in [6.07, 6.45) is 16.3. The van der Waals surface area contributed by atoms with Crippen LogP contribution < -0.4 is 0 Å². The van der Waals surface area contributed by atoms with Gasteiger partial charge in [-0.2, -0.15) is 5.26 Å². The second kappa shape index (κ2) is 6.54. The topological polar surface area (TPSA) is 70.9 Å². The minimum atomic E-state index is 0.480. The van der Waals surface area contributed by atoms with Crippen LogP contribution in [0.2, 0.25) is 0 Å². The third-order valence-corrected chi connectivity index (χ3v) is 4.07. The van der Waals surface area contributed by atoms with Gasteiger partial charge in [0, 0.05) is 29.4 Å². The zero-order chi connectivity index (χ0) is 17.1. The first-order valence-corrected chi connectivity index (χ1v) is 7.99. The van der Waals surface area contributed by atoms with Crippen LogP contribution in [0, 0.1) is 11.3 Å². The molecule has 0 atom stereocenters. The number of H-pyrrole nitrogens is 1. The standard InChI is InChI=1S/C20H15N3O2/c21-10-15(18-11-23-20-17(18)7-4-8-22-20)9-16-12-24-13-19(25-16)14-5-2-1-3-6-14/h1-2,4-5,7-9,11-13H,3,6H2,(H,22,23)/b15-9+. The maximum absolute atomic E-state index is 9.59. The molecule has 0 bridgehead atoms. The number of fused-ring (bicyclic) bond motifs is 1. The van der Waals surface area contributed by atoms with Crippen molar-refractivity contribution in [3.63, 3.8) is 0 Å². The van der Waals surface area contributed by atoms with Crippen LogP contribution in [-0.2, 0) is 9.47 Å². The number of pyridine rings is 1. The Morgan fingerprint density at radius 1 is 1.36 bits per heavy atom.